The van der Waals surface area contributed by atoms with Crippen molar-refractivity contribution in [3.8, 4) is 0 Å². The minimum atomic E-state index is -1.02. The Morgan fingerprint density at radius 3 is 2.74 bits per heavy atom. The lowest BCUT2D eigenvalue weighted by Gasteiger charge is -2.07. The number of benzene rings is 1. The van der Waals surface area contributed by atoms with E-state index in [1.807, 2.05) is 0 Å². The highest BCUT2D eigenvalue weighted by Crippen LogP contribution is 2.21. The third-order valence-corrected chi connectivity index (χ3v) is 2.63. The smallest absolute Gasteiger partial charge is 0.259 e. The molecule has 0 radical (unpaired) electrons. The summed E-state index contributed by atoms with van der Waals surface area (Å²) >= 11 is 5.80. The molecular weight excluding hydrogens is 276 g/mol. The standard InChI is InChI=1S/C12H8ClF2N3O/c13-7-2-1-3-17-11(7)18-12(19)6-4-10(16)9(15)5-8(6)14/h1-5H,16H2,(H,17,18,19). The molecule has 1 heterocycles. The Balaban J connectivity index is 2.31. The highest BCUT2D eigenvalue weighted by molar-refractivity contribution is 6.33. The van der Waals surface area contributed by atoms with E-state index in [9.17, 15) is 13.6 Å². The molecule has 0 spiro atoms. The minimum absolute atomic E-state index is 0.0801. The first-order valence-corrected chi connectivity index (χ1v) is 5.53. The van der Waals surface area contributed by atoms with Gasteiger partial charge in [0.2, 0.25) is 0 Å². The van der Waals surface area contributed by atoms with E-state index < -0.39 is 17.5 Å². The number of nitrogens with one attached hydrogen (secondary N) is 1. The number of amides is 1. The molecular formula is C12H8ClF2N3O. The quantitative estimate of drug-likeness (QED) is 0.833. The monoisotopic (exact) mass is 283 g/mol. The molecule has 1 aromatic heterocycles. The van der Waals surface area contributed by atoms with Gasteiger partial charge in [-0.1, -0.05) is 11.6 Å². The zero-order valence-corrected chi connectivity index (χ0v) is 10.2. The van der Waals surface area contributed by atoms with Crippen LogP contribution in [0, 0.1) is 11.6 Å². The molecule has 19 heavy (non-hydrogen) atoms. The van der Waals surface area contributed by atoms with E-state index in [1.165, 1.54) is 12.3 Å². The Labute approximate surface area is 112 Å². The van der Waals surface area contributed by atoms with Crippen LogP contribution in [0.4, 0.5) is 20.3 Å². The number of hydrogen-bond acceptors (Lipinski definition) is 3. The maximum Gasteiger partial charge on any atom is 0.259 e. The molecule has 0 unspecified atom stereocenters. The van der Waals surface area contributed by atoms with Gasteiger partial charge in [0, 0.05) is 12.3 Å². The van der Waals surface area contributed by atoms with Gasteiger partial charge in [-0.2, -0.15) is 0 Å². The second kappa shape index (κ2) is 5.19. The summed E-state index contributed by atoms with van der Waals surface area (Å²) in [4.78, 5) is 15.6. The Morgan fingerprint density at radius 1 is 1.32 bits per heavy atom. The first-order chi connectivity index (χ1) is 8.99. The minimum Gasteiger partial charge on any atom is -0.396 e. The van der Waals surface area contributed by atoms with Crippen LogP contribution < -0.4 is 11.1 Å². The summed E-state index contributed by atoms with van der Waals surface area (Å²) in [6, 6.07) is 4.55. The van der Waals surface area contributed by atoms with Gasteiger partial charge in [-0.3, -0.25) is 4.79 Å². The van der Waals surface area contributed by atoms with E-state index in [1.54, 1.807) is 6.07 Å². The number of rotatable bonds is 2. The number of aromatic nitrogens is 1. The first kappa shape index (κ1) is 13.2. The molecule has 3 N–H and O–H groups in total. The molecule has 0 fully saturated rings. The average molecular weight is 284 g/mol. The van der Waals surface area contributed by atoms with E-state index >= 15 is 0 Å². The lowest BCUT2D eigenvalue weighted by Crippen LogP contribution is -2.15. The second-order valence-corrected chi connectivity index (χ2v) is 4.05. The summed E-state index contributed by atoms with van der Waals surface area (Å²) in [6.07, 6.45) is 1.41. The largest absolute Gasteiger partial charge is 0.396 e. The van der Waals surface area contributed by atoms with E-state index in [-0.39, 0.29) is 22.1 Å². The molecule has 4 nitrogen and oxygen atoms in total. The van der Waals surface area contributed by atoms with Crippen molar-refractivity contribution in [3.05, 3.63) is 52.7 Å². The molecule has 0 aliphatic carbocycles. The Hall–Kier alpha value is -2.21. The predicted octanol–water partition coefficient (Wildman–Crippen LogP) is 2.85. The van der Waals surface area contributed by atoms with Crippen LogP contribution in [0.5, 0.6) is 0 Å². The van der Waals surface area contributed by atoms with Crippen molar-refractivity contribution in [2.24, 2.45) is 0 Å². The maximum atomic E-state index is 13.5. The van der Waals surface area contributed by atoms with Gasteiger partial charge in [-0.15, -0.1) is 0 Å². The Bertz CT molecular complexity index is 649. The fourth-order valence-corrected chi connectivity index (χ4v) is 1.56. The SMILES string of the molecule is Nc1cc(C(=O)Nc2ncccc2Cl)c(F)cc1F. The summed E-state index contributed by atoms with van der Waals surface area (Å²) in [5, 5.41) is 2.51. The molecule has 2 rings (SSSR count). The van der Waals surface area contributed by atoms with Crippen LogP contribution in [-0.2, 0) is 0 Å². The maximum absolute atomic E-state index is 13.5. The fraction of sp³-hybridized carbons (Fsp3) is 0. The molecule has 0 saturated carbocycles. The van der Waals surface area contributed by atoms with Gasteiger partial charge in [0.05, 0.1) is 16.3 Å². The molecule has 1 amide bonds. The van der Waals surface area contributed by atoms with Crippen molar-refractivity contribution < 1.29 is 13.6 Å². The number of nitrogen functional groups attached to an aromatic ring is 1. The summed E-state index contributed by atoms with van der Waals surface area (Å²) in [7, 11) is 0. The van der Waals surface area contributed by atoms with E-state index in [0.717, 1.165) is 6.07 Å². The van der Waals surface area contributed by atoms with Gasteiger partial charge in [-0.05, 0) is 18.2 Å². The summed E-state index contributed by atoms with van der Waals surface area (Å²) in [5.41, 5.74) is 4.58. The van der Waals surface area contributed by atoms with Crippen molar-refractivity contribution in [3.63, 3.8) is 0 Å². The van der Waals surface area contributed by atoms with Gasteiger partial charge in [0.15, 0.2) is 5.82 Å². The van der Waals surface area contributed by atoms with E-state index in [4.69, 9.17) is 17.3 Å². The van der Waals surface area contributed by atoms with Gasteiger partial charge < -0.3 is 11.1 Å². The average Bonchev–Trinajstić information content (AvgIpc) is 2.36. The highest BCUT2D eigenvalue weighted by atomic mass is 35.5. The summed E-state index contributed by atoms with van der Waals surface area (Å²) < 4.78 is 26.5. The van der Waals surface area contributed by atoms with Crippen molar-refractivity contribution in [2.45, 2.75) is 0 Å². The van der Waals surface area contributed by atoms with Crippen molar-refractivity contribution >= 4 is 29.0 Å². The molecule has 0 bridgehead atoms. The van der Waals surface area contributed by atoms with Crippen LogP contribution in [-0.4, -0.2) is 10.9 Å². The number of pyridine rings is 1. The number of carbonyl (C=O) groups excluding carboxylic acids is 1. The zero-order chi connectivity index (χ0) is 14.0. The van der Waals surface area contributed by atoms with Crippen LogP contribution in [0.3, 0.4) is 0 Å². The summed E-state index contributed by atoms with van der Waals surface area (Å²) in [6.45, 7) is 0. The van der Waals surface area contributed by atoms with Crippen molar-refractivity contribution in [2.75, 3.05) is 11.1 Å². The number of halogens is 3. The van der Waals surface area contributed by atoms with Gasteiger partial charge in [0.1, 0.15) is 11.6 Å². The first-order valence-electron chi connectivity index (χ1n) is 5.15. The second-order valence-electron chi connectivity index (χ2n) is 3.64. The Kier molecular flexibility index (Phi) is 3.62. The molecule has 2 aromatic rings. The molecule has 0 aliphatic heterocycles. The van der Waals surface area contributed by atoms with Crippen LogP contribution in [0.2, 0.25) is 5.02 Å². The topological polar surface area (TPSA) is 68.0 Å². The third kappa shape index (κ3) is 2.79. The van der Waals surface area contributed by atoms with Crippen molar-refractivity contribution in [1.82, 2.24) is 4.98 Å². The van der Waals surface area contributed by atoms with E-state index in [0.29, 0.717) is 6.07 Å². The number of nitrogens with two attached hydrogens (primary N) is 1. The lowest BCUT2D eigenvalue weighted by molar-refractivity contribution is 0.102. The number of nitrogens with zero attached hydrogens (tertiary/aromatic N) is 1. The van der Waals surface area contributed by atoms with Crippen LogP contribution in [0.1, 0.15) is 10.4 Å². The van der Waals surface area contributed by atoms with Crippen molar-refractivity contribution in [1.29, 1.82) is 0 Å². The molecule has 0 aliphatic rings. The van der Waals surface area contributed by atoms with Crippen LogP contribution >= 0.6 is 11.6 Å². The lowest BCUT2D eigenvalue weighted by atomic mass is 10.1. The van der Waals surface area contributed by atoms with Crippen LogP contribution in [0.15, 0.2) is 30.5 Å². The van der Waals surface area contributed by atoms with Gasteiger partial charge >= 0.3 is 0 Å². The van der Waals surface area contributed by atoms with Gasteiger partial charge in [-0.25, -0.2) is 13.8 Å². The molecule has 1 aromatic carbocycles. The van der Waals surface area contributed by atoms with Gasteiger partial charge in [0.25, 0.3) is 5.91 Å². The predicted molar refractivity (Wildman–Crippen MR) is 68.0 cm³/mol. The molecule has 98 valence electrons. The fourth-order valence-electron chi connectivity index (χ4n) is 1.39. The normalized spacial score (nSPS) is 10.3. The molecule has 0 atom stereocenters. The van der Waals surface area contributed by atoms with Crippen LogP contribution in [0.25, 0.3) is 0 Å². The number of hydrogen-bond donors (Lipinski definition) is 2. The number of anilines is 2. The zero-order valence-electron chi connectivity index (χ0n) is 9.45. The number of carbonyl (C=O) groups is 1. The highest BCUT2D eigenvalue weighted by Gasteiger charge is 2.16. The molecule has 0 saturated heterocycles. The molecule has 7 heteroatoms. The van der Waals surface area contributed by atoms with E-state index in [2.05, 4.69) is 10.3 Å². The summed E-state index contributed by atoms with van der Waals surface area (Å²) in [5.74, 6) is -2.68. The third-order valence-electron chi connectivity index (χ3n) is 2.32. The Morgan fingerprint density at radius 2 is 2.05 bits per heavy atom.